The van der Waals surface area contributed by atoms with Crippen LogP contribution in [0.3, 0.4) is 0 Å². The molecule has 1 unspecified atom stereocenters. The topological polar surface area (TPSA) is 75.3 Å². The van der Waals surface area contributed by atoms with Crippen molar-refractivity contribution >= 4 is 16.1 Å². The minimum absolute atomic E-state index is 0.177. The van der Waals surface area contributed by atoms with Gasteiger partial charge < -0.3 is 0 Å². The summed E-state index contributed by atoms with van der Waals surface area (Å²) in [6, 6.07) is -0.206. The first-order valence-corrected chi connectivity index (χ1v) is 6.48. The number of nitrogens with one attached hydrogen (secondary N) is 2. The Balaban J connectivity index is 4.39. The quantitative estimate of drug-likeness (QED) is 0.735. The van der Waals surface area contributed by atoms with Crippen LogP contribution in [0, 0.1) is 11.8 Å². The van der Waals surface area contributed by atoms with Crippen LogP contribution in [-0.2, 0) is 15.0 Å². The Hall–Kier alpha value is -0.620. The molecule has 0 aliphatic heterocycles. The summed E-state index contributed by atoms with van der Waals surface area (Å²) >= 11 is 0. The molecule has 0 bridgehead atoms. The lowest BCUT2D eigenvalue weighted by Gasteiger charge is -2.18. The van der Waals surface area contributed by atoms with E-state index in [2.05, 4.69) is 4.72 Å². The SMILES string of the molecule is CC(C)C(=O)NS(=O)(=O)NC(C)C(C)C. The van der Waals surface area contributed by atoms with Crippen molar-refractivity contribution in [2.75, 3.05) is 0 Å². The second-order valence-corrected chi connectivity index (χ2v) is 5.72. The summed E-state index contributed by atoms with van der Waals surface area (Å²) in [5.74, 6) is -0.676. The maximum absolute atomic E-state index is 11.4. The van der Waals surface area contributed by atoms with Crippen LogP contribution >= 0.6 is 0 Å². The van der Waals surface area contributed by atoms with Crippen molar-refractivity contribution in [3.05, 3.63) is 0 Å². The van der Waals surface area contributed by atoms with Gasteiger partial charge in [-0.2, -0.15) is 13.1 Å². The van der Waals surface area contributed by atoms with Crippen molar-refractivity contribution in [2.24, 2.45) is 11.8 Å². The zero-order valence-electron chi connectivity index (χ0n) is 9.87. The van der Waals surface area contributed by atoms with Crippen LogP contribution in [-0.4, -0.2) is 20.4 Å². The normalized spacial score (nSPS) is 14.3. The molecule has 1 atom stereocenters. The van der Waals surface area contributed by atoms with E-state index in [1.54, 1.807) is 20.8 Å². The third kappa shape index (κ3) is 5.74. The molecule has 0 spiro atoms. The number of hydrogen-bond acceptors (Lipinski definition) is 3. The van der Waals surface area contributed by atoms with Gasteiger partial charge in [0.25, 0.3) is 0 Å². The summed E-state index contributed by atoms with van der Waals surface area (Å²) in [5.41, 5.74) is 0. The van der Waals surface area contributed by atoms with Gasteiger partial charge in [0.05, 0.1) is 0 Å². The highest BCUT2D eigenvalue weighted by Gasteiger charge is 2.20. The van der Waals surface area contributed by atoms with Crippen molar-refractivity contribution in [1.29, 1.82) is 0 Å². The maximum Gasteiger partial charge on any atom is 0.301 e. The molecule has 6 heteroatoms. The van der Waals surface area contributed by atoms with Gasteiger partial charge in [0.2, 0.25) is 5.91 Å². The van der Waals surface area contributed by atoms with Crippen LogP contribution in [0.1, 0.15) is 34.6 Å². The Kier molecular flexibility index (Phi) is 5.23. The highest BCUT2D eigenvalue weighted by atomic mass is 32.2. The van der Waals surface area contributed by atoms with Crippen LogP contribution in [0.2, 0.25) is 0 Å². The molecule has 5 nitrogen and oxygen atoms in total. The largest absolute Gasteiger partial charge is 0.301 e. The van der Waals surface area contributed by atoms with E-state index in [1.165, 1.54) is 0 Å². The first kappa shape index (κ1) is 14.4. The third-order valence-corrected chi connectivity index (χ3v) is 3.25. The van der Waals surface area contributed by atoms with E-state index in [-0.39, 0.29) is 17.9 Å². The lowest BCUT2D eigenvalue weighted by molar-refractivity contribution is -0.122. The summed E-state index contributed by atoms with van der Waals surface area (Å²) in [6.07, 6.45) is 0. The van der Waals surface area contributed by atoms with E-state index in [9.17, 15) is 13.2 Å². The van der Waals surface area contributed by atoms with Crippen molar-refractivity contribution in [2.45, 2.75) is 40.7 Å². The fourth-order valence-corrected chi connectivity index (χ4v) is 1.98. The van der Waals surface area contributed by atoms with Gasteiger partial charge in [0.1, 0.15) is 0 Å². The highest BCUT2D eigenvalue weighted by molar-refractivity contribution is 7.88. The molecule has 0 saturated heterocycles. The predicted molar refractivity (Wildman–Crippen MR) is 59.3 cm³/mol. The van der Waals surface area contributed by atoms with E-state index >= 15 is 0 Å². The monoisotopic (exact) mass is 236 g/mol. The van der Waals surface area contributed by atoms with Crippen molar-refractivity contribution < 1.29 is 13.2 Å². The van der Waals surface area contributed by atoms with Crippen LogP contribution in [0.4, 0.5) is 0 Å². The summed E-state index contributed by atoms with van der Waals surface area (Å²) in [4.78, 5) is 11.2. The molecule has 0 saturated carbocycles. The zero-order valence-corrected chi connectivity index (χ0v) is 10.7. The summed E-state index contributed by atoms with van der Waals surface area (Å²) < 4.78 is 27.2. The second kappa shape index (κ2) is 5.46. The molecule has 90 valence electrons. The maximum atomic E-state index is 11.4. The van der Waals surface area contributed by atoms with E-state index in [0.717, 1.165) is 0 Å². The molecule has 0 fully saturated rings. The van der Waals surface area contributed by atoms with Crippen molar-refractivity contribution in [3.63, 3.8) is 0 Å². The van der Waals surface area contributed by atoms with E-state index in [1.807, 2.05) is 18.6 Å². The average Bonchev–Trinajstić information content (AvgIpc) is 2.01. The van der Waals surface area contributed by atoms with Gasteiger partial charge in [-0.05, 0) is 12.8 Å². The lowest BCUT2D eigenvalue weighted by Crippen LogP contribution is -2.46. The van der Waals surface area contributed by atoms with Crippen LogP contribution in [0.5, 0.6) is 0 Å². The molecule has 1 amide bonds. The Labute approximate surface area is 91.8 Å². The lowest BCUT2D eigenvalue weighted by atomic mass is 10.1. The first-order valence-electron chi connectivity index (χ1n) is 4.99. The van der Waals surface area contributed by atoms with Gasteiger partial charge in [0.15, 0.2) is 0 Å². The minimum Gasteiger partial charge on any atom is -0.274 e. The van der Waals surface area contributed by atoms with Crippen LogP contribution in [0.25, 0.3) is 0 Å². The fraction of sp³-hybridized carbons (Fsp3) is 0.889. The van der Waals surface area contributed by atoms with Crippen molar-refractivity contribution in [1.82, 2.24) is 9.44 Å². The fourth-order valence-electron chi connectivity index (χ4n) is 0.661. The summed E-state index contributed by atoms with van der Waals surface area (Å²) in [7, 11) is -3.72. The van der Waals surface area contributed by atoms with E-state index in [0.29, 0.717) is 0 Å². The number of carbonyl (C=O) groups excluding carboxylic acids is 1. The molecule has 0 aromatic rings. The molecule has 2 N–H and O–H groups in total. The van der Waals surface area contributed by atoms with Gasteiger partial charge in [-0.3, -0.25) is 4.79 Å². The molecule has 0 radical (unpaired) electrons. The number of carbonyl (C=O) groups is 1. The average molecular weight is 236 g/mol. The number of hydrogen-bond donors (Lipinski definition) is 2. The Bertz CT molecular complexity index is 309. The predicted octanol–water partition coefficient (Wildman–Crippen LogP) is 0.637. The van der Waals surface area contributed by atoms with Crippen molar-refractivity contribution in [3.8, 4) is 0 Å². The molecule has 0 aliphatic carbocycles. The summed E-state index contributed by atoms with van der Waals surface area (Å²) in [6.45, 7) is 8.83. The Morgan fingerprint density at radius 3 is 1.87 bits per heavy atom. The Morgan fingerprint density at radius 1 is 1.07 bits per heavy atom. The molecule has 0 heterocycles. The Morgan fingerprint density at radius 2 is 1.53 bits per heavy atom. The van der Waals surface area contributed by atoms with Crippen LogP contribution in [0.15, 0.2) is 0 Å². The first-order chi connectivity index (χ1) is 6.65. The van der Waals surface area contributed by atoms with Gasteiger partial charge in [0, 0.05) is 12.0 Å². The highest BCUT2D eigenvalue weighted by Crippen LogP contribution is 2.01. The van der Waals surface area contributed by atoms with Gasteiger partial charge >= 0.3 is 10.2 Å². The standard InChI is InChI=1S/C9H20N2O3S/c1-6(2)8(5)10-15(13,14)11-9(12)7(3)4/h6-8,10H,1-5H3,(H,11,12). The van der Waals surface area contributed by atoms with Gasteiger partial charge in [-0.25, -0.2) is 4.72 Å². The molecule has 0 aliphatic rings. The zero-order chi connectivity index (χ0) is 12.2. The third-order valence-electron chi connectivity index (χ3n) is 2.10. The molecular weight excluding hydrogens is 216 g/mol. The number of rotatable bonds is 5. The molecular formula is C9H20N2O3S. The van der Waals surface area contributed by atoms with Gasteiger partial charge in [-0.1, -0.05) is 27.7 Å². The molecule has 0 rings (SSSR count). The van der Waals surface area contributed by atoms with Crippen LogP contribution < -0.4 is 9.44 Å². The molecule has 0 aromatic carbocycles. The van der Waals surface area contributed by atoms with Gasteiger partial charge in [-0.15, -0.1) is 0 Å². The van der Waals surface area contributed by atoms with E-state index in [4.69, 9.17) is 0 Å². The second-order valence-electron chi connectivity index (χ2n) is 4.27. The smallest absolute Gasteiger partial charge is 0.274 e. The van der Waals surface area contributed by atoms with E-state index < -0.39 is 16.1 Å². The molecule has 0 aromatic heterocycles. The minimum atomic E-state index is -3.72. The molecule has 15 heavy (non-hydrogen) atoms. The summed E-state index contributed by atoms with van der Waals surface area (Å²) in [5, 5.41) is 0. The number of amides is 1.